The summed E-state index contributed by atoms with van der Waals surface area (Å²) in [6, 6.07) is 14.4. The molecular formula is C20H12Cl2O3S. The monoisotopic (exact) mass is 402 g/mol. The lowest BCUT2D eigenvalue weighted by Gasteiger charge is -2.08. The van der Waals surface area contributed by atoms with Gasteiger partial charge in [0.1, 0.15) is 18.1 Å². The van der Waals surface area contributed by atoms with Crippen molar-refractivity contribution in [2.24, 2.45) is 0 Å². The van der Waals surface area contributed by atoms with Crippen molar-refractivity contribution < 1.29 is 14.3 Å². The number of hydrogen-bond acceptors (Lipinski definition) is 4. The van der Waals surface area contributed by atoms with E-state index in [1.54, 1.807) is 47.7 Å². The van der Waals surface area contributed by atoms with Gasteiger partial charge in [-0.3, -0.25) is 4.79 Å². The van der Waals surface area contributed by atoms with Gasteiger partial charge in [-0.25, -0.2) is 0 Å². The molecule has 6 heteroatoms. The first-order valence-corrected chi connectivity index (χ1v) is 9.42. The van der Waals surface area contributed by atoms with E-state index in [1.807, 2.05) is 23.6 Å². The van der Waals surface area contributed by atoms with Crippen LogP contribution >= 0.6 is 34.5 Å². The molecule has 0 fully saturated rings. The van der Waals surface area contributed by atoms with Crippen molar-refractivity contribution in [3.8, 4) is 11.5 Å². The van der Waals surface area contributed by atoms with Crippen molar-refractivity contribution in [1.29, 1.82) is 0 Å². The quantitative estimate of drug-likeness (QED) is 0.483. The molecule has 3 aromatic rings. The molecular weight excluding hydrogens is 391 g/mol. The number of thiophene rings is 1. The molecule has 26 heavy (non-hydrogen) atoms. The maximum atomic E-state index is 12.4. The summed E-state index contributed by atoms with van der Waals surface area (Å²) in [4.78, 5) is 13.4. The number of carbonyl (C=O) groups is 1. The molecule has 2 aromatic carbocycles. The highest BCUT2D eigenvalue weighted by Gasteiger charge is 2.27. The summed E-state index contributed by atoms with van der Waals surface area (Å²) in [5, 5.41) is 2.94. The van der Waals surface area contributed by atoms with Crippen LogP contribution in [0.3, 0.4) is 0 Å². The number of rotatable bonds is 4. The van der Waals surface area contributed by atoms with E-state index < -0.39 is 0 Å². The molecule has 0 atom stereocenters. The van der Waals surface area contributed by atoms with Crippen molar-refractivity contribution >= 4 is 46.4 Å². The van der Waals surface area contributed by atoms with Crippen LogP contribution < -0.4 is 9.47 Å². The zero-order chi connectivity index (χ0) is 18.1. The van der Waals surface area contributed by atoms with Gasteiger partial charge in [0.2, 0.25) is 5.78 Å². The Morgan fingerprint density at radius 3 is 2.73 bits per heavy atom. The molecule has 1 aromatic heterocycles. The molecule has 0 saturated heterocycles. The predicted octanol–water partition coefficient (Wildman–Crippen LogP) is 6.25. The normalized spacial score (nSPS) is 14.4. The molecule has 0 amide bonds. The van der Waals surface area contributed by atoms with E-state index in [2.05, 4.69) is 0 Å². The van der Waals surface area contributed by atoms with Gasteiger partial charge in [0.05, 0.1) is 15.6 Å². The Hall–Kier alpha value is -2.27. The van der Waals surface area contributed by atoms with Crippen LogP contribution in [0.15, 0.2) is 59.7 Å². The average Bonchev–Trinajstić information content (AvgIpc) is 3.25. The first-order chi connectivity index (χ1) is 12.6. The first kappa shape index (κ1) is 17.2. The van der Waals surface area contributed by atoms with E-state index in [4.69, 9.17) is 32.7 Å². The van der Waals surface area contributed by atoms with Crippen molar-refractivity contribution in [2.75, 3.05) is 0 Å². The second kappa shape index (κ2) is 7.16. The minimum Gasteiger partial charge on any atom is -0.489 e. The Labute approximate surface area is 164 Å². The Bertz CT molecular complexity index is 1010. The predicted molar refractivity (Wildman–Crippen MR) is 104 cm³/mol. The Morgan fingerprint density at radius 2 is 1.96 bits per heavy atom. The highest BCUT2D eigenvalue weighted by molar-refractivity contribution is 7.10. The highest BCUT2D eigenvalue weighted by Crippen LogP contribution is 2.35. The van der Waals surface area contributed by atoms with Gasteiger partial charge in [0.25, 0.3) is 0 Å². The lowest BCUT2D eigenvalue weighted by atomic mass is 10.1. The molecule has 0 bridgehead atoms. The molecule has 0 radical (unpaired) electrons. The summed E-state index contributed by atoms with van der Waals surface area (Å²) in [5.41, 5.74) is 1.44. The third-order valence-corrected chi connectivity index (χ3v) is 5.41. The van der Waals surface area contributed by atoms with E-state index in [1.165, 1.54) is 0 Å². The number of halogens is 2. The van der Waals surface area contributed by atoms with Crippen LogP contribution in [-0.4, -0.2) is 5.78 Å². The molecule has 0 N–H and O–H groups in total. The van der Waals surface area contributed by atoms with Crippen molar-refractivity contribution in [1.82, 2.24) is 0 Å². The number of fused-ring (bicyclic) bond motifs is 1. The number of ether oxygens (including phenoxy) is 2. The molecule has 4 rings (SSSR count). The Morgan fingerprint density at radius 1 is 1.08 bits per heavy atom. The van der Waals surface area contributed by atoms with Crippen molar-refractivity contribution in [3.05, 3.63) is 85.7 Å². The molecule has 2 heterocycles. The van der Waals surface area contributed by atoms with Gasteiger partial charge in [-0.1, -0.05) is 35.3 Å². The standard InChI is InChI=1S/C20H12Cl2O3S/c21-16-6-3-12(8-17(16)22)11-24-13-4-5-15-18(9-13)25-19(20(15)23)10-14-2-1-7-26-14/h1-10H,11H2/b19-10-. The Balaban J connectivity index is 1.50. The van der Waals surface area contributed by atoms with Gasteiger partial charge in [-0.2, -0.15) is 0 Å². The fourth-order valence-corrected chi connectivity index (χ4v) is 3.52. The minimum absolute atomic E-state index is 0.121. The van der Waals surface area contributed by atoms with Crippen LogP contribution in [0.5, 0.6) is 11.5 Å². The van der Waals surface area contributed by atoms with Gasteiger partial charge in [-0.15, -0.1) is 11.3 Å². The third kappa shape index (κ3) is 3.49. The second-order valence-electron chi connectivity index (χ2n) is 5.65. The molecule has 0 unspecified atom stereocenters. The minimum atomic E-state index is -0.121. The highest BCUT2D eigenvalue weighted by atomic mass is 35.5. The smallest absolute Gasteiger partial charge is 0.232 e. The van der Waals surface area contributed by atoms with E-state index in [0.717, 1.165) is 10.4 Å². The molecule has 130 valence electrons. The van der Waals surface area contributed by atoms with Gasteiger partial charge in [-0.05, 0) is 41.3 Å². The van der Waals surface area contributed by atoms with Gasteiger partial charge < -0.3 is 9.47 Å². The first-order valence-electron chi connectivity index (χ1n) is 7.79. The van der Waals surface area contributed by atoms with Crippen molar-refractivity contribution in [3.63, 3.8) is 0 Å². The fourth-order valence-electron chi connectivity index (χ4n) is 2.56. The molecule has 3 nitrogen and oxygen atoms in total. The molecule has 1 aliphatic rings. The summed E-state index contributed by atoms with van der Waals surface area (Å²) >= 11 is 13.5. The second-order valence-corrected chi connectivity index (χ2v) is 7.44. The average molecular weight is 403 g/mol. The van der Waals surface area contributed by atoms with E-state index in [-0.39, 0.29) is 5.78 Å². The lowest BCUT2D eigenvalue weighted by Crippen LogP contribution is -1.97. The lowest BCUT2D eigenvalue weighted by molar-refractivity contribution is 0.101. The number of Topliss-reactive ketones (excluding diaryl/α,β-unsaturated/α-hetero) is 1. The van der Waals surface area contributed by atoms with Crippen LogP contribution in [-0.2, 0) is 6.61 Å². The SMILES string of the molecule is O=C1/C(=C/c2cccs2)Oc2cc(OCc3ccc(Cl)c(Cl)c3)ccc21. The molecule has 1 aliphatic heterocycles. The fraction of sp³-hybridized carbons (Fsp3) is 0.0500. The molecule has 0 spiro atoms. The maximum absolute atomic E-state index is 12.4. The summed E-state index contributed by atoms with van der Waals surface area (Å²) in [6.45, 7) is 0.335. The van der Waals surface area contributed by atoms with Crippen LogP contribution in [0.4, 0.5) is 0 Å². The van der Waals surface area contributed by atoms with Gasteiger partial charge in [0.15, 0.2) is 5.76 Å². The van der Waals surface area contributed by atoms with Crippen LogP contribution in [0.1, 0.15) is 20.8 Å². The summed E-state index contributed by atoms with van der Waals surface area (Å²) < 4.78 is 11.5. The van der Waals surface area contributed by atoms with Crippen LogP contribution in [0.2, 0.25) is 10.0 Å². The largest absolute Gasteiger partial charge is 0.489 e. The van der Waals surface area contributed by atoms with Crippen LogP contribution in [0.25, 0.3) is 6.08 Å². The van der Waals surface area contributed by atoms with E-state index in [9.17, 15) is 4.79 Å². The zero-order valence-electron chi connectivity index (χ0n) is 13.4. The van der Waals surface area contributed by atoms with Crippen LogP contribution in [0, 0.1) is 0 Å². The summed E-state index contributed by atoms with van der Waals surface area (Å²) in [5.74, 6) is 1.32. The van der Waals surface area contributed by atoms with E-state index in [0.29, 0.717) is 39.5 Å². The number of benzene rings is 2. The van der Waals surface area contributed by atoms with Crippen molar-refractivity contribution in [2.45, 2.75) is 6.61 Å². The Kier molecular flexibility index (Phi) is 4.72. The van der Waals surface area contributed by atoms with Gasteiger partial charge >= 0.3 is 0 Å². The van der Waals surface area contributed by atoms with Gasteiger partial charge in [0, 0.05) is 17.0 Å². The summed E-state index contributed by atoms with van der Waals surface area (Å²) in [7, 11) is 0. The molecule has 0 saturated carbocycles. The number of allylic oxidation sites excluding steroid dienone is 1. The number of ketones is 1. The molecule has 0 aliphatic carbocycles. The zero-order valence-corrected chi connectivity index (χ0v) is 15.7. The van der Waals surface area contributed by atoms with E-state index >= 15 is 0 Å². The summed E-state index contributed by atoms with van der Waals surface area (Å²) in [6.07, 6.45) is 1.75. The third-order valence-electron chi connectivity index (χ3n) is 3.85. The number of carbonyl (C=O) groups excluding carboxylic acids is 1. The maximum Gasteiger partial charge on any atom is 0.232 e. The topological polar surface area (TPSA) is 35.5 Å². The number of hydrogen-bond donors (Lipinski definition) is 0.